The third kappa shape index (κ3) is 5.38. The maximum Gasteiger partial charge on any atom is 0.420 e. The quantitative estimate of drug-likeness (QED) is 0.458. The van der Waals surface area contributed by atoms with Gasteiger partial charge in [-0.2, -0.15) is 13.2 Å². The normalized spacial score (nSPS) is 13.3. The molecule has 11 heteroatoms. The second-order valence-electron chi connectivity index (χ2n) is 6.75. The summed E-state index contributed by atoms with van der Waals surface area (Å²) in [5, 5.41) is 26.3. The maximum atomic E-state index is 13.1. The van der Waals surface area contributed by atoms with Gasteiger partial charge in [0.15, 0.2) is 5.60 Å². The average molecular weight is 427 g/mol. The summed E-state index contributed by atoms with van der Waals surface area (Å²) in [5.41, 5.74) is -2.54. The van der Waals surface area contributed by atoms with Gasteiger partial charge in [0, 0.05) is 23.0 Å². The maximum absolute atomic E-state index is 13.1. The van der Waals surface area contributed by atoms with Crippen LogP contribution in [0.2, 0.25) is 0 Å². The van der Waals surface area contributed by atoms with Crippen molar-refractivity contribution in [2.24, 2.45) is 0 Å². The largest absolute Gasteiger partial charge is 0.496 e. The van der Waals surface area contributed by atoms with Gasteiger partial charge in [-0.05, 0) is 44.2 Å². The summed E-state index contributed by atoms with van der Waals surface area (Å²) in [7, 11) is 1.12. The zero-order valence-corrected chi connectivity index (χ0v) is 16.3. The van der Waals surface area contributed by atoms with E-state index in [1.54, 1.807) is 0 Å². The van der Waals surface area contributed by atoms with Crippen molar-refractivity contribution >= 4 is 23.0 Å². The number of methoxy groups -OCH3 is 1. The first-order valence-electron chi connectivity index (χ1n) is 8.63. The minimum Gasteiger partial charge on any atom is -0.496 e. The molecule has 0 saturated carbocycles. The number of nitrogens with one attached hydrogen (secondary N) is 2. The van der Waals surface area contributed by atoms with E-state index in [9.17, 15) is 33.2 Å². The molecule has 0 saturated heterocycles. The monoisotopic (exact) mass is 427 g/mol. The Bertz CT molecular complexity index is 961. The van der Waals surface area contributed by atoms with Gasteiger partial charge >= 0.3 is 6.18 Å². The zero-order chi connectivity index (χ0) is 22.7. The molecule has 2 rings (SSSR count). The van der Waals surface area contributed by atoms with Crippen LogP contribution in [0.15, 0.2) is 36.4 Å². The number of nitro groups is 1. The zero-order valence-electron chi connectivity index (χ0n) is 16.3. The van der Waals surface area contributed by atoms with Crippen LogP contribution < -0.4 is 15.4 Å². The molecule has 1 amide bonds. The number of carbonyl (C=O) groups is 1. The number of rotatable bonds is 7. The number of carbonyl (C=O) groups excluding carboxylic acids is 1. The lowest BCUT2D eigenvalue weighted by Gasteiger charge is -2.24. The van der Waals surface area contributed by atoms with Crippen molar-refractivity contribution in [3.8, 4) is 5.75 Å². The van der Waals surface area contributed by atoms with Crippen molar-refractivity contribution in [2.75, 3.05) is 24.3 Å². The van der Waals surface area contributed by atoms with Crippen LogP contribution in [0.1, 0.15) is 18.1 Å². The Balaban J connectivity index is 2.10. The molecule has 2 aromatic carbocycles. The molecular formula is C19H20F3N3O5. The van der Waals surface area contributed by atoms with Crippen LogP contribution in [0.3, 0.4) is 0 Å². The molecule has 0 spiro atoms. The second-order valence-corrected chi connectivity index (χ2v) is 6.75. The number of hydrogen-bond acceptors (Lipinski definition) is 6. The third-order valence-corrected chi connectivity index (χ3v) is 4.28. The van der Waals surface area contributed by atoms with Crippen molar-refractivity contribution in [2.45, 2.75) is 25.6 Å². The molecule has 1 atom stereocenters. The van der Waals surface area contributed by atoms with Crippen LogP contribution in [0.25, 0.3) is 0 Å². The number of halogens is 3. The lowest BCUT2D eigenvalue weighted by atomic mass is 10.0. The van der Waals surface area contributed by atoms with Crippen LogP contribution in [0.5, 0.6) is 5.75 Å². The van der Waals surface area contributed by atoms with Crippen molar-refractivity contribution in [1.29, 1.82) is 0 Å². The summed E-state index contributed by atoms with van der Waals surface area (Å²) in [4.78, 5) is 22.7. The summed E-state index contributed by atoms with van der Waals surface area (Å²) >= 11 is 0. The molecule has 0 aliphatic heterocycles. The predicted octanol–water partition coefficient (Wildman–Crippen LogP) is 3.73. The fourth-order valence-corrected chi connectivity index (χ4v) is 2.60. The summed E-state index contributed by atoms with van der Waals surface area (Å²) in [6.07, 6.45) is -4.64. The first kappa shape index (κ1) is 22.9. The van der Waals surface area contributed by atoms with Crippen molar-refractivity contribution in [3.05, 3.63) is 57.6 Å². The van der Waals surface area contributed by atoms with E-state index in [1.165, 1.54) is 38.1 Å². The Morgan fingerprint density at radius 2 is 1.83 bits per heavy atom. The van der Waals surface area contributed by atoms with E-state index >= 15 is 0 Å². The highest BCUT2D eigenvalue weighted by molar-refractivity contribution is 5.97. The topological polar surface area (TPSA) is 114 Å². The number of aryl methyl sites for hydroxylation is 1. The summed E-state index contributed by atoms with van der Waals surface area (Å²) in [6, 6.07) is 7.16. The summed E-state index contributed by atoms with van der Waals surface area (Å²) in [6.45, 7) is 2.28. The van der Waals surface area contributed by atoms with Gasteiger partial charge in [-0.25, -0.2) is 0 Å². The summed E-state index contributed by atoms with van der Waals surface area (Å²) < 4.78 is 44.0. The van der Waals surface area contributed by atoms with Crippen molar-refractivity contribution < 1.29 is 32.7 Å². The van der Waals surface area contributed by atoms with Gasteiger partial charge in [0.1, 0.15) is 5.75 Å². The van der Waals surface area contributed by atoms with Crippen molar-refractivity contribution in [1.82, 2.24) is 0 Å². The standard InChI is InChI=1S/C19H20F3N3O5/c1-11-8-13(4-6-15(11)25(28)29)24-17(26)18(2,27)10-23-12-5-7-16(30-3)14(9-12)19(20,21)22/h4-9,23,27H,10H2,1-3H3,(H,24,26). The molecule has 0 bridgehead atoms. The molecule has 0 aliphatic carbocycles. The number of nitrogens with zero attached hydrogens (tertiary/aromatic N) is 1. The van der Waals surface area contributed by atoms with E-state index in [0.29, 0.717) is 5.56 Å². The molecule has 1 unspecified atom stereocenters. The Labute approximate surface area is 169 Å². The summed E-state index contributed by atoms with van der Waals surface area (Å²) in [5.74, 6) is -1.20. The minimum absolute atomic E-state index is 0.0300. The van der Waals surface area contributed by atoms with E-state index in [-0.39, 0.29) is 22.8 Å². The van der Waals surface area contributed by atoms with Gasteiger partial charge in [0.05, 0.1) is 24.1 Å². The van der Waals surface area contributed by atoms with Crippen LogP contribution in [-0.4, -0.2) is 35.2 Å². The van der Waals surface area contributed by atoms with Crippen LogP contribution in [-0.2, 0) is 11.0 Å². The molecule has 162 valence electrons. The first-order chi connectivity index (χ1) is 13.8. The lowest BCUT2D eigenvalue weighted by molar-refractivity contribution is -0.385. The number of anilines is 2. The minimum atomic E-state index is -4.64. The highest BCUT2D eigenvalue weighted by Crippen LogP contribution is 2.37. The number of amides is 1. The molecular weight excluding hydrogens is 407 g/mol. The molecule has 2 aromatic rings. The number of nitro benzene ring substituents is 1. The Kier molecular flexibility index (Phi) is 6.56. The van der Waals surface area contributed by atoms with Gasteiger partial charge in [-0.3, -0.25) is 14.9 Å². The van der Waals surface area contributed by atoms with Crippen LogP contribution >= 0.6 is 0 Å². The molecule has 0 fully saturated rings. The Hall–Kier alpha value is -3.34. The second kappa shape index (κ2) is 8.57. The van der Waals surface area contributed by atoms with Gasteiger partial charge in [0.2, 0.25) is 0 Å². The molecule has 3 N–H and O–H groups in total. The van der Waals surface area contributed by atoms with Gasteiger partial charge in [-0.1, -0.05) is 0 Å². The van der Waals surface area contributed by atoms with E-state index in [0.717, 1.165) is 19.2 Å². The molecule has 0 heterocycles. The Morgan fingerprint density at radius 3 is 2.37 bits per heavy atom. The van der Waals surface area contributed by atoms with Crippen molar-refractivity contribution in [3.63, 3.8) is 0 Å². The first-order valence-corrected chi connectivity index (χ1v) is 8.63. The highest BCUT2D eigenvalue weighted by atomic mass is 19.4. The number of alkyl halides is 3. The van der Waals surface area contributed by atoms with E-state index in [4.69, 9.17) is 4.74 Å². The van der Waals surface area contributed by atoms with E-state index < -0.39 is 34.7 Å². The lowest BCUT2D eigenvalue weighted by Crippen LogP contribution is -2.45. The molecule has 0 radical (unpaired) electrons. The van der Waals surface area contributed by atoms with Gasteiger partial charge in [-0.15, -0.1) is 0 Å². The third-order valence-electron chi connectivity index (χ3n) is 4.28. The smallest absolute Gasteiger partial charge is 0.420 e. The Morgan fingerprint density at radius 1 is 1.20 bits per heavy atom. The SMILES string of the molecule is COc1ccc(NCC(C)(O)C(=O)Nc2ccc([N+](=O)[O-])c(C)c2)cc1C(F)(F)F. The molecule has 30 heavy (non-hydrogen) atoms. The van der Waals surface area contributed by atoms with Crippen LogP contribution in [0, 0.1) is 17.0 Å². The number of ether oxygens (including phenoxy) is 1. The molecule has 0 aliphatic rings. The van der Waals surface area contributed by atoms with Crippen LogP contribution in [0.4, 0.5) is 30.2 Å². The van der Waals surface area contributed by atoms with Gasteiger partial charge < -0.3 is 20.5 Å². The van der Waals surface area contributed by atoms with Gasteiger partial charge in [0.25, 0.3) is 11.6 Å². The average Bonchev–Trinajstić information content (AvgIpc) is 2.65. The number of hydrogen-bond donors (Lipinski definition) is 3. The van der Waals surface area contributed by atoms with E-state index in [2.05, 4.69) is 10.6 Å². The van der Waals surface area contributed by atoms with E-state index in [1.807, 2.05) is 0 Å². The molecule has 8 nitrogen and oxygen atoms in total. The fraction of sp³-hybridized carbons (Fsp3) is 0.316. The highest BCUT2D eigenvalue weighted by Gasteiger charge is 2.35. The predicted molar refractivity (Wildman–Crippen MR) is 104 cm³/mol. The number of benzene rings is 2. The fourth-order valence-electron chi connectivity index (χ4n) is 2.60. The molecule has 0 aromatic heterocycles. The number of aliphatic hydroxyl groups is 1.